The molecule has 13 heteroatoms. The van der Waals surface area contributed by atoms with Crippen LogP contribution >= 0.6 is 0 Å². The summed E-state index contributed by atoms with van der Waals surface area (Å²) in [6.45, 7) is 4.43. The van der Waals surface area contributed by atoms with Gasteiger partial charge >= 0.3 is 0 Å². The Balaban J connectivity index is 1.58. The molecule has 0 radical (unpaired) electrons. The molecule has 0 unspecified atom stereocenters. The number of carbonyl (C=O) groups is 2. The predicted molar refractivity (Wildman–Crippen MR) is 143 cm³/mol. The van der Waals surface area contributed by atoms with Gasteiger partial charge in [0, 0.05) is 43.6 Å². The molecule has 3 atom stereocenters. The third kappa shape index (κ3) is 5.38. The van der Waals surface area contributed by atoms with E-state index >= 15 is 0 Å². The highest BCUT2D eigenvalue weighted by atomic mass is 32.2. The molecular weight excluding hydrogens is 530 g/mol. The van der Waals surface area contributed by atoms with Gasteiger partial charge in [-0.2, -0.15) is 4.31 Å². The zero-order valence-corrected chi connectivity index (χ0v) is 23.7. The predicted octanol–water partition coefficient (Wildman–Crippen LogP) is 0.300. The normalized spacial score (nSPS) is 26.4. The summed E-state index contributed by atoms with van der Waals surface area (Å²) in [5.41, 5.74) is 5.25. The van der Waals surface area contributed by atoms with Crippen molar-refractivity contribution in [1.29, 1.82) is 5.41 Å². The average molecular weight is 568 g/mol. The van der Waals surface area contributed by atoms with E-state index in [-0.39, 0.29) is 55.9 Å². The Kier molecular flexibility index (Phi) is 7.54. The second kappa shape index (κ2) is 10.00. The lowest BCUT2D eigenvalue weighted by atomic mass is 9.70. The van der Waals surface area contributed by atoms with E-state index in [1.54, 1.807) is 24.3 Å². The number of fused-ring (bicyclic) bond motifs is 2. The highest BCUT2D eigenvalue weighted by molar-refractivity contribution is 7.89. The van der Waals surface area contributed by atoms with Crippen molar-refractivity contribution in [2.75, 3.05) is 38.2 Å². The first-order valence-corrected chi connectivity index (χ1v) is 16.3. The van der Waals surface area contributed by atoms with Crippen LogP contribution in [0.2, 0.25) is 0 Å². The van der Waals surface area contributed by atoms with Gasteiger partial charge in [0.05, 0.1) is 12.0 Å². The molecule has 1 saturated heterocycles. The van der Waals surface area contributed by atoms with E-state index < -0.39 is 42.8 Å². The molecule has 0 aromatic heterocycles. The Hall–Kier alpha value is -2.35. The Morgan fingerprint density at radius 1 is 1.18 bits per heavy atom. The van der Waals surface area contributed by atoms with Gasteiger partial charge in [-0.25, -0.2) is 21.6 Å². The molecule has 4 N–H and O–H groups in total. The molecule has 2 aliphatic carbocycles. The largest absolute Gasteiger partial charge is 0.384 e. The van der Waals surface area contributed by atoms with E-state index in [2.05, 4.69) is 4.72 Å². The van der Waals surface area contributed by atoms with Gasteiger partial charge in [-0.05, 0) is 42.2 Å². The lowest BCUT2D eigenvalue weighted by Gasteiger charge is -2.37. The van der Waals surface area contributed by atoms with Crippen LogP contribution in [-0.2, 0) is 36.1 Å². The number of ketones is 1. The number of amides is 1. The molecule has 1 amide bonds. The van der Waals surface area contributed by atoms with E-state index in [1.807, 2.05) is 13.8 Å². The number of amidine groups is 1. The summed E-state index contributed by atoms with van der Waals surface area (Å²) in [6, 6.07) is 5.54. The molecule has 1 heterocycles. The molecule has 2 saturated carbocycles. The van der Waals surface area contributed by atoms with Crippen LogP contribution in [0, 0.1) is 22.2 Å². The van der Waals surface area contributed by atoms with Crippen molar-refractivity contribution in [3.05, 3.63) is 35.4 Å². The van der Waals surface area contributed by atoms with E-state index in [4.69, 9.17) is 11.1 Å². The zero-order chi connectivity index (χ0) is 28.1. The van der Waals surface area contributed by atoms with Crippen LogP contribution in [0.1, 0.15) is 44.2 Å². The number of nitrogens with two attached hydrogens (primary N) is 1. The monoisotopic (exact) mass is 567 g/mol. The molecule has 2 bridgehead atoms. The summed E-state index contributed by atoms with van der Waals surface area (Å²) < 4.78 is 54.8. The molecule has 0 spiro atoms. The standard InChI is InChI=1S/C25H37N5O6S2/c1-24(2)19-7-8-25(24,21(31)15-19)16-38(35,36)28-20(14-17-5-4-6-18(13-17)22(26)27)23(32)29-9-11-30(12-10-29)37(3,33)34/h4-6,13,19-20,28H,7-12,14-16H2,1-3H3,(H3,26,27)/t19-,20-,25-/m0/s1. The first-order chi connectivity index (χ1) is 17.6. The van der Waals surface area contributed by atoms with Crippen molar-refractivity contribution in [1.82, 2.24) is 13.9 Å². The molecule has 4 rings (SSSR count). The smallest absolute Gasteiger partial charge is 0.241 e. The number of rotatable bonds is 9. The molecule has 3 aliphatic rings. The second-order valence-electron chi connectivity index (χ2n) is 11.4. The Morgan fingerprint density at radius 3 is 2.37 bits per heavy atom. The number of nitrogens with zero attached hydrogens (tertiary/aromatic N) is 2. The van der Waals surface area contributed by atoms with Crippen molar-refractivity contribution >= 4 is 37.6 Å². The molecule has 1 aliphatic heterocycles. The van der Waals surface area contributed by atoms with E-state index in [0.29, 0.717) is 24.0 Å². The lowest BCUT2D eigenvalue weighted by Crippen LogP contribution is -2.57. The third-order valence-corrected chi connectivity index (χ3v) is 11.7. The molecule has 3 fully saturated rings. The van der Waals surface area contributed by atoms with Crippen molar-refractivity contribution in [2.24, 2.45) is 22.5 Å². The van der Waals surface area contributed by atoms with Crippen molar-refractivity contribution < 1.29 is 26.4 Å². The fraction of sp³-hybridized carbons (Fsp3) is 0.640. The first-order valence-electron chi connectivity index (χ1n) is 12.8. The lowest BCUT2D eigenvalue weighted by molar-refractivity contribution is -0.134. The summed E-state index contributed by atoms with van der Waals surface area (Å²) in [7, 11) is -7.47. The first kappa shape index (κ1) is 28.7. The maximum atomic E-state index is 13.6. The van der Waals surface area contributed by atoms with Gasteiger partial charge in [0.15, 0.2) is 0 Å². The number of benzene rings is 1. The molecule has 11 nitrogen and oxygen atoms in total. The topological polar surface area (TPSA) is 171 Å². The van der Waals surface area contributed by atoms with E-state index in [1.165, 1.54) is 9.21 Å². The van der Waals surface area contributed by atoms with E-state index in [9.17, 15) is 26.4 Å². The fourth-order valence-corrected chi connectivity index (χ4v) is 9.29. The van der Waals surface area contributed by atoms with E-state index in [0.717, 1.165) is 12.7 Å². The Labute approximate surface area is 224 Å². The SMILES string of the molecule is CC1(C)[C@H]2CC[C@]1(CS(=O)(=O)N[C@@H](Cc1cccc(C(=N)N)c1)C(=O)N1CCN(S(C)(=O)=O)CC1)C(=O)C2. The molecule has 1 aromatic rings. The Bertz CT molecular complexity index is 1350. The summed E-state index contributed by atoms with van der Waals surface area (Å²) in [5, 5.41) is 7.71. The third-order valence-electron chi connectivity index (χ3n) is 8.89. The van der Waals surface area contributed by atoms with Crippen LogP contribution in [0.3, 0.4) is 0 Å². The molecule has 1 aromatic carbocycles. The average Bonchev–Trinajstić information content (AvgIpc) is 3.17. The number of sulfonamides is 2. The molecular formula is C25H37N5O6S2. The number of piperazine rings is 1. The van der Waals surface area contributed by atoms with Crippen molar-refractivity contribution in [3.63, 3.8) is 0 Å². The van der Waals surface area contributed by atoms with Crippen LogP contribution in [0.5, 0.6) is 0 Å². The van der Waals surface area contributed by atoms with Crippen molar-refractivity contribution in [2.45, 2.75) is 45.6 Å². The number of hydrogen-bond donors (Lipinski definition) is 3. The van der Waals surface area contributed by atoms with Gasteiger partial charge in [-0.1, -0.05) is 32.0 Å². The van der Waals surface area contributed by atoms with Gasteiger partial charge in [-0.3, -0.25) is 15.0 Å². The zero-order valence-electron chi connectivity index (χ0n) is 22.1. The molecule has 210 valence electrons. The number of Topliss-reactive ketones (excluding diaryl/α,β-unsaturated/α-hetero) is 1. The van der Waals surface area contributed by atoms with Crippen LogP contribution in [0.15, 0.2) is 24.3 Å². The van der Waals surface area contributed by atoms with Crippen molar-refractivity contribution in [3.8, 4) is 0 Å². The summed E-state index contributed by atoms with van der Waals surface area (Å²) in [4.78, 5) is 28.1. The highest BCUT2D eigenvalue weighted by Crippen LogP contribution is 2.64. The Morgan fingerprint density at radius 2 is 1.84 bits per heavy atom. The minimum atomic E-state index is -4.07. The number of carbonyl (C=O) groups excluding carboxylic acids is 2. The summed E-state index contributed by atoms with van der Waals surface area (Å²) in [6.07, 6.45) is 2.82. The summed E-state index contributed by atoms with van der Waals surface area (Å²) in [5.74, 6) is -0.861. The fourth-order valence-electron chi connectivity index (χ4n) is 6.43. The molecule has 38 heavy (non-hydrogen) atoms. The van der Waals surface area contributed by atoms with Gasteiger partial charge in [0.2, 0.25) is 26.0 Å². The minimum absolute atomic E-state index is 0.0123. The number of hydrogen-bond acceptors (Lipinski definition) is 7. The number of nitrogens with one attached hydrogen (secondary N) is 2. The maximum Gasteiger partial charge on any atom is 0.241 e. The maximum absolute atomic E-state index is 13.6. The van der Waals surface area contributed by atoms with Gasteiger partial charge in [0.1, 0.15) is 17.7 Å². The summed E-state index contributed by atoms with van der Waals surface area (Å²) >= 11 is 0. The number of nitrogen functional groups attached to an aromatic ring is 1. The van der Waals surface area contributed by atoms with Crippen LogP contribution in [0.4, 0.5) is 0 Å². The van der Waals surface area contributed by atoms with Crippen LogP contribution < -0.4 is 10.5 Å². The van der Waals surface area contributed by atoms with Gasteiger partial charge in [-0.15, -0.1) is 0 Å². The minimum Gasteiger partial charge on any atom is -0.384 e. The van der Waals surface area contributed by atoms with Gasteiger partial charge < -0.3 is 10.6 Å². The van der Waals surface area contributed by atoms with Crippen LogP contribution in [0.25, 0.3) is 0 Å². The van der Waals surface area contributed by atoms with Crippen LogP contribution in [-0.4, -0.2) is 87.8 Å². The highest BCUT2D eigenvalue weighted by Gasteiger charge is 2.65. The van der Waals surface area contributed by atoms with Gasteiger partial charge in [0.25, 0.3) is 0 Å². The quantitative estimate of drug-likeness (QED) is 0.284. The second-order valence-corrected chi connectivity index (χ2v) is 15.1.